The predicted molar refractivity (Wildman–Crippen MR) is 79.9 cm³/mol. The first-order chi connectivity index (χ1) is 9.10. The van der Waals surface area contributed by atoms with Crippen molar-refractivity contribution in [2.45, 2.75) is 6.54 Å². The van der Waals surface area contributed by atoms with Crippen molar-refractivity contribution in [3.63, 3.8) is 0 Å². The molecule has 0 bridgehead atoms. The van der Waals surface area contributed by atoms with Crippen LogP contribution in [0, 0.1) is 0 Å². The smallest absolute Gasteiger partial charge is 0.272 e. The van der Waals surface area contributed by atoms with E-state index in [2.05, 4.69) is 26.3 Å². The summed E-state index contributed by atoms with van der Waals surface area (Å²) in [6.45, 7) is 0.545. The number of carbonyl (C=O) groups excluding carboxylic acids is 1. The first kappa shape index (κ1) is 14.0. The summed E-state index contributed by atoms with van der Waals surface area (Å²) in [5.41, 5.74) is 3.88. The summed E-state index contributed by atoms with van der Waals surface area (Å²) in [4.78, 5) is 18.0. The molecule has 3 N–H and O–H groups in total. The third-order valence-electron chi connectivity index (χ3n) is 2.50. The van der Waals surface area contributed by atoms with E-state index in [-0.39, 0.29) is 5.91 Å². The molecule has 0 saturated heterocycles. The minimum atomic E-state index is -0.139. The Morgan fingerprint density at radius 1 is 1.58 bits per heavy atom. The molecule has 2 aromatic rings. The second-order valence-electron chi connectivity index (χ2n) is 3.97. The minimum absolute atomic E-state index is 0.139. The van der Waals surface area contributed by atoms with Gasteiger partial charge in [-0.3, -0.25) is 4.79 Å². The molecule has 19 heavy (non-hydrogen) atoms. The number of amides is 1. The van der Waals surface area contributed by atoms with Gasteiger partial charge in [0.25, 0.3) is 5.91 Å². The van der Waals surface area contributed by atoms with E-state index >= 15 is 0 Å². The van der Waals surface area contributed by atoms with E-state index in [1.807, 2.05) is 11.4 Å². The third kappa shape index (κ3) is 3.52. The highest BCUT2D eigenvalue weighted by atomic mass is 79.9. The highest BCUT2D eigenvalue weighted by Gasteiger charge is 2.14. The van der Waals surface area contributed by atoms with Gasteiger partial charge in [-0.1, -0.05) is 6.07 Å². The quantitative estimate of drug-likeness (QED) is 0.662. The van der Waals surface area contributed by atoms with E-state index < -0.39 is 0 Å². The van der Waals surface area contributed by atoms with Crippen LogP contribution in [0.15, 0.2) is 33.4 Å². The molecule has 1 amide bonds. The van der Waals surface area contributed by atoms with E-state index in [4.69, 9.17) is 5.84 Å². The van der Waals surface area contributed by atoms with E-state index in [1.54, 1.807) is 41.5 Å². The maximum atomic E-state index is 12.2. The van der Waals surface area contributed by atoms with Crippen LogP contribution in [0.3, 0.4) is 0 Å². The average Bonchev–Trinajstić information content (AvgIpc) is 2.83. The zero-order valence-corrected chi connectivity index (χ0v) is 12.7. The van der Waals surface area contributed by atoms with E-state index in [0.29, 0.717) is 18.1 Å². The Kier molecular flexibility index (Phi) is 4.52. The first-order valence-electron chi connectivity index (χ1n) is 5.52. The molecule has 0 atom stereocenters. The molecule has 0 aliphatic carbocycles. The van der Waals surface area contributed by atoms with Gasteiger partial charge in [-0.25, -0.2) is 10.8 Å². The Bertz CT molecular complexity index is 587. The minimum Gasteiger partial charge on any atom is -0.336 e. The molecule has 7 heteroatoms. The number of rotatable bonds is 4. The highest BCUT2D eigenvalue weighted by molar-refractivity contribution is 9.11. The number of nitrogens with one attached hydrogen (secondary N) is 1. The molecule has 0 unspecified atom stereocenters. The summed E-state index contributed by atoms with van der Waals surface area (Å²) in [5.74, 6) is 5.61. The number of nitrogens with zero attached hydrogens (tertiary/aromatic N) is 2. The molecule has 0 spiro atoms. The number of carbonyl (C=O) groups is 1. The van der Waals surface area contributed by atoms with Crippen LogP contribution in [0.4, 0.5) is 5.82 Å². The first-order valence-corrected chi connectivity index (χ1v) is 7.19. The fraction of sp³-hybridized carbons (Fsp3) is 0.167. The number of pyridine rings is 1. The van der Waals surface area contributed by atoms with Gasteiger partial charge in [0, 0.05) is 13.6 Å². The maximum absolute atomic E-state index is 12.2. The molecule has 0 fully saturated rings. The van der Waals surface area contributed by atoms with Crippen molar-refractivity contribution < 1.29 is 4.79 Å². The Balaban J connectivity index is 2.09. The molecule has 100 valence electrons. The SMILES string of the molecule is CN(Cc1csc(Br)c1)C(=O)c1cccc(NN)n1. The van der Waals surface area contributed by atoms with Crippen LogP contribution < -0.4 is 11.3 Å². The Hall–Kier alpha value is -1.44. The van der Waals surface area contributed by atoms with Crippen molar-refractivity contribution >= 4 is 39.0 Å². The van der Waals surface area contributed by atoms with Crippen molar-refractivity contribution in [1.82, 2.24) is 9.88 Å². The molecule has 0 aliphatic rings. The van der Waals surface area contributed by atoms with Gasteiger partial charge in [0.05, 0.1) is 3.79 Å². The number of halogens is 1. The van der Waals surface area contributed by atoms with Gasteiger partial charge in [-0.15, -0.1) is 11.3 Å². The number of hydrogen-bond donors (Lipinski definition) is 2. The lowest BCUT2D eigenvalue weighted by molar-refractivity contribution is 0.0779. The molecular weight excluding hydrogens is 328 g/mol. The number of nitrogen functional groups attached to an aromatic ring is 1. The molecule has 2 rings (SSSR count). The normalized spacial score (nSPS) is 10.3. The van der Waals surface area contributed by atoms with Crippen LogP contribution in [0.2, 0.25) is 0 Å². The van der Waals surface area contributed by atoms with Gasteiger partial charge in [0.2, 0.25) is 0 Å². The van der Waals surface area contributed by atoms with Crippen LogP contribution in [0.5, 0.6) is 0 Å². The second-order valence-corrected chi connectivity index (χ2v) is 6.26. The van der Waals surface area contributed by atoms with Crippen molar-refractivity contribution in [3.8, 4) is 0 Å². The van der Waals surface area contributed by atoms with Crippen molar-refractivity contribution in [2.24, 2.45) is 5.84 Å². The van der Waals surface area contributed by atoms with Crippen LogP contribution >= 0.6 is 27.3 Å². The van der Waals surface area contributed by atoms with Gasteiger partial charge in [0.1, 0.15) is 11.5 Å². The summed E-state index contributed by atoms with van der Waals surface area (Å²) in [7, 11) is 1.75. The van der Waals surface area contributed by atoms with Gasteiger partial charge in [-0.05, 0) is 45.1 Å². The lowest BCUT2D eigenvalue weighted by atomic mass is 10.2. The van der Waals surface area contributed by atoms with Crippen molar-refractivity contribution in [3.05, 3.63) is 44.7 Å². The summed E-state index contributed by atoms with van der Waals surface area (Å²) >= 11 is 5.00. The number of anilines is 1. The standard InChI is InChI=1S/C12H13BrN4OS/c1-17(6-8-5-10(13)19-7-8)12(18)9-3-2-4-11(15-9)16-14/h2-5,7H,6,14H2,1H3,(H,15,16). The van der Waals surface area contributed by atoms with Crippen molar-refractivity contribution in [1.29, 1.82) is 0 Å². The molecule has 2 heterocycles. The molecule has 5 nitrogen and oxygen atoms in total. The van der Waals surface area contributed by atoms with Crippen LogP contribution in [0.1, 0.15) is 16.1 Å². The highest BCUT2D eigenvalue weighted by Crippen LogP contribution is 2.21. The van der Waals surface area contributed by atoms with Crippen molar-refractivity contribution in [2.75, 3.05) is 12.5 Å². The molecule has 0 radical (unpaired) electrons. The largest absolute Gasteiger partial charge is 0.336 e. The summed E-state index contributed by atoms with van der Waals surface area (Å²) in [6, 6.07) is 7.11. The molecular formula is C12H13BrN4OS. The maximum Gasteiger partial charge on any atom is 0.272 e. The number of aromatic nitrogens is 1. The van der Waals surface area contributed by atoms with E-state index in [9.17, 15) is 4.79 Å². The van der Waals surface area contributed by atoms with E-state index in [1.165, 1.54) is 0 Å². The number of thiophene rings is 1. The van der Waals surface area contributed by atoms with Gasteiger partial charge >= 0.3 is 0 Å². The lowest BCUT2D eigenvalue weighted by Gasteiger charge is -2.16. The van der Waals surface area contributed by atoms with Gasteiger partial charge in [0.15, 0.2) is 0 Å². The number of nitrogens with two attached hydrogens (primary N) is 1. The average molecular weight is 341 g/mol. The molecule has 2 aromatic heterocycles. The van der Waals surface area contributed by atoms with Crippen LogP contribution in [-0.4, -0.2) is 22.8 Å². The fourth-order valence-electron chi connectivity index (χ4n) is 1.60. The van der Waals surface area contributed by atoms with Crippen LogP contribution in [-0.2, 0) is 6.54 Å². The second kappa shape index (κ2) is 6.14. The van der Waals surface area contributed by atoms with Gasteiger partial charge < -0.3 is 10.3 Å². The van der Waals surface area contributed by atoms with Crippen LogP contribution in [0.25, 0.3) is 0 Å². The Labute approximate surface area is 123 Å². The Morgan fingerprint density at radius 3 is 3.00 bits per heavy atom. The summed E-state index contributed by atoms with van der Waals surface area (Å²) in [5, 5.41) is 2.01. The number of hydrazine groups is 1. The lowest BCUT2D eigenvalue weighted by Crippen LogP contribution is -2.27. The Morgan fingerprint density at radius 2 is 2.37 bits per heavy atom. The molecule has 0 saturated carbocycles. The number of hydrogen-bond acceptors (Lipinski definition) is 5. The predicted octanol–water partition coefficient (Wildman–Crippen LogP) is 2.46. The van der Waals surface area contributed by atoms with E-state index in [0.717, 1.165) is 9.35 Å². The van der Waals surface area contributed by atoms with Gasteiger partial charge in [-0.2, -0.15) is 0 Å². The molecule has 0 aromatic carbocycles. The zero-order chi connectivity index (χ0) is 13.8. The summed E-state index contributed by atoms with van der Waals surface area (Å²) < 4.78 is 1.05. The fourth-order valence-corrected chi connectivity index (χ4v) is 2.80. The molecule has 0 aliphatic heterocycles. The summed E-state index contributed by atoms with van der Waals surface area (Å²) in [6.07, 6.45) is 0. The monoisotopic (exact) mass is 340 g/mol. The zero-order valence-electron chi connectivity index (χ0n) is 10.3. The third-order valence-corrected chi connectivity index (χ3v) is 4.06. The topological polar surface area (TPSA) is 71.2 Å².